The van der Waals surface area contributed by atoms with Crippen LogP contribution in [0.15, 0.2) is 0 Å². The van der Waals surface area contributed by atoms with Crippen LogP contribution in [0.1, 0.15) is 21.6 Å². The number of hydrogen-bond donors (Lipinski definition) is 0. The normalized spacial score (nSPS) is 9.53. The minimum atomic E-state index is -0.999. The maximum absolute atomic E-state index is 11.5. The number of carbonyl (C=O) groups is 1. The van der Waals surface area contributed by atoms with Gasteiger partial charge >= 0.3 is 11.7 Å². The van der Waals surface area contributed by atoms with Crippen LogP contribution in [0.5, 0.6) is 0 Å². The number of hydrogen-bond acceptors (Lipinski definition) is 6. The third kappa shape index (κ3) is 2.16. The molecule has 0 atom stereocenters. The molecule has 0 saturated heterocycles. The standard InChI is InChI=1S/C9H6ClN3O4/c1-4-7(13(15)16)6(9(14)17-2)5(3-11)8(10)12-4/h1-2H3. The van der Waals surface area contributed by atoms with Crippen LogP contribution < -0.4 is 0 Å². The molecule has 0 aromatic carbocycles. The monoisotopic (exact) mass is 255 g/mol. The number of nitrogens with zero attached hydrogens (tertiary/aromatic N) is 3. The van der Waals surface area contributed by atoms with Crippen LogP contribution in [0.3, 0.4) is 0 Å². The molecule has 1 aromatic rings. The lowest BCUT2D eigenvalue weighted by atomic mass is 10.1. The second-order valence-corrected chi connectivity index (χ2v) is 3.31. The van der Waals surface area contributed by atoms with Crippen LogP contribution in [-0.2, 0) is 4.74 Å². The number of rotatable bonds is 2. The van der Waals surface area contributed by atoms with Crippen molar-refractivity contribution in [1.82, 2.24) is 4.98 Å². The molecule has 88 valence electrons. The van der Waals surface area contributed by atoms with Crippen LogP contribution in [0.4, 0.5) is 5.69 Å². The molecule has 0 amide bonds. The minimum Gasteiger partial charge on any atom is -0.465 e. The fraction of sp³-hybridized carbons (Fsp3) is 0.222. The van der Waals surface area contributed by atoms with Crippen molar-refractivity contribution < 1.29 is 14.5 Å². The van der Waals surface area contributed by atoms with Crippen LogP contribution in [-0.4, -0.2) is 23.0 Å². The average molecular weight is 256 g/mol. The first-order valence-corrected chi connectivity index (χ1v) is 4.64. The summed E-state index contributed by atoms with van der Waals surface area (Å²) in [7, 11) is 1.05. The van der Waals surface area contributed by atoms with E-state index < -0.39 is 22.1 Å². The van der Waals surface area contributed by atoms with Gasteiger partial charge in [0.15, 0.2) is 5.56 Å². The number of nitriles is 1. The van der Waals surface area contributed by atoms with E-state index in [0.717, 1.165) is 7.11 Å². The quantitative estimate of drug-likeness (QED) is 0.344. The summed E-state index contributed by atoms with van der Waals surface area (Å²) in [6, 6.07) is 1.60. The van der Waals surface area contributed by atoms with Crippen molar-refractivity contribution in [3.63, 3.8) is 0 Å². The average Bonchev–Trinajstić information content (AvgIpc) is 2.26. The SMILES string of the molecule is COC(=O)c1c(C#N)c(Cl)nc(C)c1[N+](=O)[O-]. The topological polar surface area (TPSA) is 106 Å². The first kappa shape index (κ1) is 12.9. The number of halogens is 1. The van der Waals surface area contributed by atoms with Crippen molar-refractivity contribution in [2.75, 3.05) is 7.11 Å². The predicted molar refractivity (Wildman–Crippen MR) is 56.7 cm³/mol. The van der Waals surface area contributed by atoms with Gasteiger partial charge in [-0.3, -0.25) is 10.1 Å². The summed E-state index contributed by atoms with van der Waals surface area (Å²) in [5.41, 5.74) is -1.47. The Labute approximate surface area is 101 Å². The Hall–Kier alpha value is -2.20. The lowest BCUT2D eigenvalue weighted by molar-refractivity contribution is -0.386. The second kappa shape index (κ2) is 4.76. The van der Waals surface area contributed by atoms with Crippen molar-refractivity contribution in [3.05, 3.63) is 32.1 Å². The molecule has 0 spiro atoms. The summed E-state index contributed by atoms with van der Waals surface area (Å²) in [6.07, 6.45) is 0. The molecule has 0 bridgehead atoms. The van der Waals surface area contributed by atoms with Crippen LogP contribution in [0, 0.1) is 28.4 Å². The zero-order valence-electron chi connectivity index (χ0n) is 8.85. The highest BCUT2D eigenvalue weighted by atomic mass is 35.5. The molecule has 0 radical (unpaired) electrons. The van der Waals surface area contributed by atoms with Gasteiger partial charge in [-0.2, -0.15) is 5.26 Å². The van der Waals surface area contributed by atoms with Crippen LogP contribution in [0.25, 0.3) is 0 Å². The maximum Gasteiger partial charge on any atom is 0.346 e. The Morgan fingerprint density at radius 1 is 1.65 bits per heavy atom. The van der Waals surface area contributed by atoms with E-state index in [1.54, 1.807) is 6.07 Å². The van der Waals surface area contributed by atoms with Gasteiger partial charge < -0.3 is 4.74 Å². The number of pyridine rings is 1. The van der Waals surface area contributed by atoms with Crippen LogP contribution in [0.2, 0.25) is 5.15 Å². The molecule has 7 nitrogen and oxygen atoms in total. The van der Waals surface area contributed by atoms with Crippen molar-refractivity contribution in [2.45, 2.75) is 6.92 Å². The van der Waals surface area contributed by atoms with Crippen molar-refractivity contribution in [1.29, 1.82) is 5.26 Å². The Kier molecular flexibility index (Phi) is 3.60. The van der Waals surface area contributed by atoms with E-state index in [9.17, 15) is 14.9 Å². The molecule has 8 heteroatoms. The number of methoxy groups -OCH3 is 1. The Morgan fingerprint density at radius 3 is 2.65 bits per heavy atom. The zero-order chi connectivity index (χ0) is 13.2. The van der Waals surface area contributed by atoms with Gasteiger partial charge in [0.2, 0.25) is 0 Å². The van der Waals surface area contributed by atoms with Gasteiger partial charge in [0.05, 0.1) is 12.0 Å². The predicted octanol–water partition coefficient (Wildman–Crippen LogP) is 1.61. The molecule has 0 unspecified atom stereocenters. The molecular formula is C9H6ClN3O4. The Bertz CT molecular complexity index is 550. The number of nitro groups is 1. The van der Waals surface area contributed by atoms with Crippen molar-refractivity contribution >= 4 is 23.3 Å². The van der Waals surface area contributed by atoms with Gasteiger partial charge in [0.1, 0.15) is 22.5 Å². The van der Waals surface area contributed by atoms with Gasteiger partial charge in [0.25, 0.3) is 0 Å². The van der Waals surface area contributed by atoms with E-state index in [-0.39, 0.29) is 16.4 Å². The lowest BCUT2D eigenvalue weighted by Crippen LogP contribution is -2.11. The lowest BCUT2D eigenvalue weighted by Gasteiger charge is -2.06. The number of aryl methyl sites for hydroxylation is 1. The third-order valence-electron chi connectivity index (χ3n) is 1.99. The second-order valence-electron chi connectivity index (χ2n) is 2.95. The maximum atomic E-state index is 11.5. The zero-order valence-corrected chi connectivity index (χ0v) is 9.61. The van der Waals surface area contributed by atoms with Gasteiger partial charge in [0, 0.05) is 0 Å². The number of esters is 1. The fourth-order valence-electron chi connectivity index (χ4n) is 1.28. The van der Waals surface area contributed by atoms with Gasteiger partial charge in [-0.25, -0.2) is 9.78 Å². The smallest absolute Gasteiger partial charge is 0.346 e. The van der Waals surface area contributed by atoms with Gasteiger partial charge in [-0.05, 0) is 6.92 Å². The molecule has 1 rings (SSSR count). The first-order chi connectivity index (χ1) is 7.93. The molecule has 0 aliphatic carbocycles. The number of carbonyl (C=O) groups excluding carboxylic acids is 1. The van der Waals surface area contributed by atoms with Crippen molar-refractivity contribution in [2.24, 2.45) is 0 Å². The highest BCUT2D eigenvalue weighted by Gasteiger charge is 2.30. The molecule has 0 aliphatic rings. The molecule has 1 aromatic heterocycles. The summed E-state index contributed by atoms with van der Waals surface area (Å²) in [6.45, 7) is 1.32. The summed E-state index contributed by atoms with van der Waals surface area (Å²) < 4.78 is 4.40. The first-order valence-electron chi connectivity index (χ1n) is 4.27. The summed E-state index contributed by atoms with van der Waals surface area (Å²) in [5, 5.41) is 19.4. The summed E-state index contributed by atoms with van der Waals surface area (Å²) in [5.74, 6) is -0.999. The van der Waals surface area contributed by atoms with Gasteiger partial charge in [-0.1, -0.05) is 11.6 Å². The van der Waals surface area contributed by atoms with E-state index in [1.807, 2.05) is 0 Å². The molecule has 0 fully saturated rings. The molecule has 17 heavy (non-hydrogen) atoms. The highest BCUT2D eigenvalue weighted by molar-refractivity contribution is 6.31. The third-order valence-corrected chi connectivity index (χ3v) is 2.26. The number of ether oxygens (including phenoxy) is 1. The largest absolute Gasteiger partial charge is 0.465 e. The summed E-state index contributed by atoms with van der Waals surface area (Å²) in [4.78, 5) is 25.1. The van der Waals surface area contributed by atoms with E-state index in [2.05, 4.69) is 9.72 Å². The molecule has 1 heterocycles. The molecule has 0 N–H and O–H groups in total. The highest BCUT2D eigenvalue weighted by Crippen LogP contribution is 2.29. The number of aromatic nitrogens is 1. The Balaban J connectivity index is 3.77. The van der Waals surface area contributed by atoms with E-state index in [1.165, 1.54) is 6.92 Å². The molecular weight excluding hydrogens is 250 g/mol. The van der Waals surface area contributed by atoms with E-state index in [4.69, 9.17) is 16.9 Å². The Morgan fingerprint density at radius 2 is 2.24 bits per heavy atom. The van der Waals surface area contributed by atoms with Gasteiger partial charge in [-0.15, -0.1) is 0 Å². The van der Waals surface area contributed by atoms with E-state index >= 15 is 0 Å². The molecule has 0 saturated carbocycles. The fourth-order valence-corrected chi connectivity index (χ4v) is 1.55. The van der Waals surface area contributed by atoms with Crippen LogP contribution >= 0.6 is 11.6 Å². The van der Waals surface area contributed by atoms with Crippen molar-refractivity contribution in [3.8, 4) is 6.07 Å². The molecule has 0 aliphatic heterocycles. The minimum absolute atomic E-state index is 0.0561. The summed E-state index contributed by atoms with van der Waals surface area (Å²) >= 11 is 5.65. The van der Waals surface area contributed by atoms with E-state index in [0.29, 0.717) is 0 Å².